The number of amides is 1. The molecule has 1 saturated heterocycles. The average Bonchev–Trinajstić information content (AvgIpc) is 2.79. The largest absolute Gasteiger partial charge is 0.465 e. The molecule has 0 bridgehead atoms. The Morgan fingerprint density at radius 3 is 2.75 bits per heavy atom. The number of likely N-dealkylation sites (tertiary alicyclic amines) is 1. The smallest absolute Gasteiger partial charge is 0.407 e. The van der Waals surface area contributed by atoms with Gasteiger partial charge in [-0.3, -0.25) is 4.90 Å². The molecule has 66 valence electrons. The van der Waals surface area contributed by atoms with E-state index in [1.165, 1.54) is 4.90 Å². The predicted octanol–water partition coefficient (Wildman–Crippen LogP) is 0.574. The number of nitrogens with zero attached hydrogens (tertiary/aromatic N) is 1. The summed E-state index contributed by atoms with van der Waals surface area (Å²) in [7, 11) is 0. The number of rotatable bonds is 1. The fraction of sp³-hybridized carbons (Fsp3) is 0.750. The summed E-state index contributed by atoms with van der Waals surface area (Å²) in [5, 5.41) is 8.74. The Balaban J connectivity index is 2.08. The Morgan fingerprint density at radius 1 is 1.42 bits per heavy atom. The second kappa shape index (κ2) is 2.47. The summed E-state index contributed by atoms with van der Waals surface area (Å²) in [6.45, 7) is 0.559. The first-order valence-corrected chi connectivity index (χ1v) is 4.17. The minimum atomic E-state index is -0.961. The fourth-order valence-corrected chi connectivity index (χ4v) is 2.00. The van der Waals surface area contributed by atoms with Crippen LogP contribution >= 0.6 is 0 Å². The van der Waals surface area contributed by atoms with Gasteiger partial charge in [0.25, 0.3) is 0 Å². The highest BCUT2D eigenvalue weighted by molar-refractivity contribution is 5.72. The number of carboxylic acid groups (broad SMARTS) is 1. The summed E-state index contributed by atoms with van der Waals surface area (Å²) >= 11 is 0. The summed E-state index contributed by atoms with van der Waals surface area (Å²) in [6, 6.07) is -0.383. The minimum Gasteiger partial charge on any atom is -0.465 e. The number of aldehydes is 1. The van der Waals surface area contributed by atoms with Crippen LogP contribution in [0.3, 0.4) is 0 Å². The van der Waals surface area contributed by atoms with Gasteiger partial charge in [0.2, 0.25) is 0 Å². The normalized spacial score (nSPS) is 38.7. The fourth-order valence-electron chi connectivity index (χ4n) is 2.00. The molecular weight excluding hydrogens is 158 g/mol. The van der Waals surface area contributed by atoms with Crippen molar-refractivity contribution >= 4 is 12.4 Å². The molecule has 4 heteroatoms. The van der Waals surface area contributed by atoms with Crippen LogP contribution in [-0.4, -0.2) is 35.0 Å². The third-order valence-electron chi connectivity index (χ3n) is 2.85. The van der Waals surface area contributed by atoms with Crippen LogP contribution in [0.15, 0.2) is 0 Å². The zero-order chi connectivity index (χ0) is 8.72. The lowest BCUT2D eigenvalue weighted by molar-refractivity contribution is -0.112. The zero-order valence-corrected chi connectivity index (χ0v) is 6.64. The van der Waals surface area contributed by atoms with Crippen molar-refractivity contribution < 1.29 is 14.7 Å². The Morgan fingerprint density at radius 2 is 2.17 bits per heavy atom. The predicted molar refractivity (Wildman–Crippen MR) is 40.8 cm³/mol. The number of carbonyl (C=O) groups excluding carboxylic acids is 1. The summed E-state index contributed by atoms with van der Waals surface area (Å²) in [4.78, 5) is 22.5. The van der Waals surface area contributed by atoms with Crippen LogP contribution in [-0.2, 0) is 4.79 Å². The van der Waals surface area contributed by atoms with Gasteiger partial charge in [-0.25, -0.2) is 4.79 Å². The van der Waals surface area contributed by atoms with Crippen LogP contribution in [0.1, 0.15) is 12.8 Å². The van der Waals surface area contributed by atoms with Gasteiger partial charge < -0.3 is 9.90 Å². The number of piperidine rings is 1. The number of fused-ring (bicyclic) bond motifs is 1. The molecule has 2 aliphatic rings. The molecule has 0 aromatic heterocycles. The molecule has 2 rings (SSSR count). The SMILES string of the molecule is O=C[C@@H]1C[C@@H]2C[C@@H]2CN1C(=O)O. The van der Waals surface area contributed by atoms with E-state index in [-0.39, 0.29) is 6.04 Å². The molecule has 1 saturated carbocycles. The molecule has 1 amide bonds. The molecule has 0 radical (unpaired) electrons. The molecule has 0 spiro atoms. The maximum atomic E-state index is 10.7. The lowest BCUT2D eigenvalue weighted by Crippen LogP contribution is -2.44. The van der Waals surface area contributed by atoms with Gasteiger partial charge in [-0.05, 0) is 24.7 Å². The second-order valence-electron chi connectivity index (χ2n) is 3.63. The van der Waals surface area contributed by atoms with E-state index in [2.05, 4.69) is 0 Å². The molecule has 4 nitrogen and oxygen atoms in total. The molecule has 2 fully saturated rings. The van der Waals surface area contributed by atoms with Crippen LogP contribution in [0.5, 0.6) is 0 Å². The van der Waals surface area contributed by atoms with Crippen molar-refractivity contribution in [3.63, 3.8) is 0 Å². The highest BCUT2D eigenvalue weighted by Gasteiger charge is 2.46. The average molecular weight is 169 g/mol. The quantitative estimate of drug-likeness (QED) is 0.584. The van der Waals surface area contributed by atoms with Crippen molar-refractivity contribution in [1.29, 1.82) is 0 Å². The van der Waals surface area contributed by atoms with Crippen molar-refractivity contribution in [3.8, 4) is 0 Å². The number of hydrogen-bond acceptors (Lipinski definition) is 2. The highest BCUT2D eigenvalue weighted by Crippen LogP contribution is 2.46. The highest BCUT2D eigenvalue weighted by atomic mass is 16.4. The van der Waals surface area contributed by atoms with E-state index >= 15 is 0 Å². The van der Waals surface area contributed by atoms with Crippen molar-refractivity contribution in [2.75, 3.05) is 6.54 Å². The third kappa shape index (κ3) is 1.07. The minimum absolute atomic E-state index is 0.383. The Kier molecular flexibility index (Phi) is 1.56. The molecule has 0 aromatic carbocycles. The molecule has 1 aliphatic heterocycles. The Hall–Kier alpha value is -1.06. The van der Waals surface area contributed by atoms with Crippen LogP contribution < -0.4 is 0 Å². The molecule has 12 heavy (non-hydrogen) atoms. The monoisotopic (exact) mass is 169 g/mol. The molecule has 3 atom stereocenters. The van der Waals surface area contributed by atoms with E-state index in [1.807, 2.05) is 0 Å². The van der Waals surface area contributed by atoms with Crippen molar-refractivity contribution in [3.05, 3.63) is 0 Å². The summed E-state index contributed by atoms with van der Waals surface area (Å²) in [5.74, 6) is 1.16. The van der Waals surface area contributed by atoms with Gasteiger partial charge in [0.05, 0.1) is 6.04 Å². The molecule has 1 heterocycles. The summed E-state index contributed by atoms with van der Waals surface area (Å²) < 4.78 is 0. The van der Waals surface area contributed by atoms with E-state index in [9.17, 15) is 9.59 Å². The van der Waals surface area contributed by atoms with E-state index in [1.54, 1.807) is 0 Å². The van der Waals surface area contributed by atoms with E-state index in [0.29, 0.717) is 18.4 Å². The first-order valence-electron chi connectivity index (χ1n) is 4.17. The van der Waals surface area contributed by atoms with Gasteiger partial charge in [0.15, 0.2) is 0 Å². The first-order chi connectivity index (χ1) is 5.72. The number of carbonyl (C=O) groups is 2. The van der Waals surface area contributed by atoms with Crippen LogP contribution in [0.4, 0.5) is 4.79 Å². The summed E-state index contributed by atoms with van der Waals surface area (Å²) in [6.07, 6.45) is 1.63. The van der Waals surface area contributed by atoms with Gasteiger partial charge in [-0.15, -0.1) is 0 Å². The van der Waals surface area contributed by atoms with Crippen molar-refractivity contribution in [2.24, 2.45) is 11.8 Å². The molecular formula is C8H11NO3. The lowest BCUT2D eigenvalue weighted by Gasteiger charge is -2.29. The maximum absolute atomic E-state index is 10.7. The maximum Gasteiger partial charge on any atom is 0.407 e. The van der Waals surface area contributed by atoms with Crippen molar-refractivity contribution in [1.82, 2.24) is 4.90 Å². The standard InChI is InChI=1S/C8H11NO3/c10-4-7-2-5-1-6(5)3-9(7)8(11)12/h4-7H,1-3H2,(H,11,12)/t5-,6+,7-/m0/s1. The number of hydrogen-bond donors (Lipinski definition) is 1. The second-order valence-corrected chi connectivity index (χ2v) is 3.63. The van der Waals surface area contributed by atoms with Gasteiger partial charge in [-0.2, -0.15) is 0 Å². The molecule has 1 aliphatic carbocycles. The van der Waals surface area contributed by atoms with Crippen LogP contribution in [0.2, 0.25) is 0 Å². The Bertz CT molecular complexity index is 228. The van der Waals surface area contributed by atoms with E-state index < -0.39 is 6.09 Å². The first kappa shape index (κ1) is 7.58. The zero-order valence-electron chi connectivity index (χ0n) is 6.64. The van der Waals surface area contributed by atoms with Crippen LogP contribution in [0, 0.1) is 11.8 Å². The topological polar surface area (TPSA) is 57.6 Å². The third-order valence-corrected chi connectivity index (χ3v) is 2.85. The van der Waals surface area contributed by atoms with Gasteiger partial charge in [-0.1, -0.05) is 0 Å². The Labute approximate surface area is 70.2 Å². The van der Waals surface area contributed by atoms with Gasteiger partial charge >= 0.3 is 6.09 Å². The van der Waals surface area contributed by atoms with Crippen molar-refractivity contribution in [2.45, 2.75) is 18.9 Å². The molecule has 1 N–H and O–H groups in total. The van der Waals surface area contributed by atoms with E-state index in [0.717, 1.165) is 19.1 Å². The summed E-state index contributed by atoms with van der Waals surface area (Å²) in [5.41, 5.74) is 0. The molecule has 0 unspecified atom stereocenters. The lowest BCUT2D eigenvalue weighted by atomic mass is 10.0. The van der Waals surface area contributed by atoms with E-state index in [4.69, 9.17) is 5.11 Å². The molecule has 0 aromatic rings. The van der Waals surface area contributed by atoms with Crippen LogP contribution in [0.25, 0.3) is 0 Å². The van der Waals surface area contributed by atoms with Gasteiger partial charge in [0, 0.05) is 6.54 Å². The van der Waals surface area contributed by atoms with Gasteiger partial charge in [0.1, 0.15) is 6.29 Å².